The zero-order valence-electron chi connectivity index (χ0n) is 10.5. The second kappa shape index (κ2) is 5.30. The number of nitrogens with zero attached hydrogens (tertiary/aromatic N) is 1. The van der Waals surface area contributed by atoms with Gasteiger partial charge >= 0.3 is 0 Å². The lowest BCUT2D eigenvalue weighted by atomic mass is 10.4. The number of hydrogen-bond donors (Lipinski definition) is 1. The lowest BCUT2D eigenvalue weighted by Gasteiger charge is -2.05. The number of halogens is 1. The molecule has 0 aliphatic rings. The molecule has 108 valence electrons. The molecule has 0 atom stereocenters. The zero-order chi connectivity index (χ0) is 14.9. The Bertz CT molecular complexity index is 857. The maximum Gasteiger partial charge on any atom is 0.266 e. The van der Waals surface area contributed by atoms with E-state index in [9.17, 15) is 12.8 Å². The van der Waals surface area contributed by atoms with E-state index in [0.29, 0.717) is 11.5 Å². The molecule has 0 radical (unpaired) electrons. The third-order valence-corrected chi connectivity index (χ3v) is 4.88. The summed E-state index contributed by atoms with van der Waals surface area (Å²) in [6, 6.07) is 8.58. The summed E-state index contributed by atoms with van der Waals surface area (Å²) in [5.74, 6) is -0.282. The molecule has 0 saturated heterocycles. The van der Waals surface area contributed by atoms with Crippen molar-refractivity contribution in [1.82, 2.24) is 4.98 Å². The Morgan fingerprint density at radius 2 is 2.00 bits per heavy atom. The van der Waals surface area contributed by atoms with Crippen LogP contribution in [0.25, 0.3) is 11.5 Å². The molecule has 3 aromatic rings. The van der Waals surface area contributed by atoms with Crippen LogP contribution in [0.2, 0.25) is 0 Å². The van der Waals surface area contributed by atoms with Gasteiger partial charge in [-0.3, -0.25) is 4.72 Å². The Hall–Kier alpha value is -2.19. The van der Waals surface area contributed by atoms with Crippen LogP contribution in [0.3, 0.4) is 0 Å². The lowest BCUT2D eigenvalue weighted by molar-refractivity contribution is 0.570. The third-order valence-electron chi connectivity index (χ3n) is 2.63. The molecule has 0 saturated carbocycles. The smallest absolute Gasteiger partial charge is 0.266 e. The van der Waals surface area contributed by atoms with Crippen molar-refractivity contribution >= 4 is 26.5 Å². The minimum absolute atomic E-state index is 0.143. The minimum Gasteiger partial charge on any atom is -0.463 e. The fourth-order valence-electron chi connectivity index (χ4n) is 1.69. The summed E-state index contributed by atoms with van der Waals surface area (Å²) in [6.07, 6.45) is 1.50. The van der Waals surface area contributed by atoms with Crippen LogP contribution >= 0.6 is 11.3 Å². The predicted octanol–water partition coefficient (Wildman–Crippen LogP) is 3.34. The SMILES string of the molecule is O=S(=O)(Nc1nc(-c2ccco2)cs1)c1ccccc1F. The van der Waals surface area contributed by atoms with Crippen molar-refractivity contribution in [3.8, 4) is 11.5 Å². The Morgan fingerprint density at radius 1 is 1.19 bits per heavy atom. The molecule has 0 bridgehead atoms. The molecule has 8 heteroatoms. The van der Waals surface area contributed by atoms with Crippen LogP contribution in [0.1, 0.15) is 0 Å². The summed E-state index contributed by atoms with van der Waals surface area (Å²) in [7, 11) is -4.01. The van der Waals surface area contributed by atoms with Gasteiger partial charge in [0.1, 0.15) is 16.4 Å². The summed E-state index contributed by atoms with van der Waals surface area (Å²) in [5.41, 5.74) is 0.510. The first-order valence-electron chi connectivity index (χ1n) is 5.83. The van der Waals surface area contributed by atoms with Crippen LogP contribution in [-0.2, 0) is 10.0 Å². The molecule has 2 heterocycles. The van der Waals surface area contributed by atoms with Gasteiger partial charge in [0.25, 0.3) is 10.0 Å². The summed E-state index contributed by atoms with van der Waals surface area (Å²) in [6.45, 7) is 0. The van der Waals surface area contributed by atoms with Gasteiger partial charge in [0.2, 0.25) is 0 Å². The first-order chi connectivity index (χ1) is 10.1. The molecule has 1 aromatic carbocycles. The average molecular weight is 324 g/mol. The summed E-state index contributed by atoms with van der Waals surface area (Å²) < 4.78 is 45.2. The minimum atomic E-state index is -4.01. The predicted molar refractivity (Wildman–Crippen MR) is 77.0 cm³/mol. The number of rotatable bonds is 4. The standard InChI is InChI=1S/C13H9FN2O3S2/c14-9-4-1-2-6-12(9)21(17,18)16-13-15-10(8-20-13)11-5-3-7-19-11/h1-8H,(H,15,16). The second-order valence-electron chi connectivity index (χ2n) is 4.05. The first-order valence-corrected chi connectivity index (χ1v) is 8.19. The molecule has 1 N–H and O–H groups in total. The summed E-state index contributed by atoms with van der Waals surface area (Å²) in [5, 5.41) is 1.79. The van der Waals surface area contributed by atoms with Gasteiger partial charge < -0.3 is 4.42 Å². The van der Waals surface area contributed by atoms with Crippen LogP contribution in [0, 0.1) is 5.82 Å². The van der Waals surface area contributed by atoms with Crippen LogP contribution in [0.4, 0.5) is 9.52 Å². The van der Waals surface area contributed by atoms with E-state index in [1.54, 1.807) is 17.5 Å². The fourth-order valence-corrected chi connectivity index (χ4v) is 3.72. The highest BCUT2D eigenvalue weighted by atomic mass is 32.2. The van der Waals surface area contributed by atoms with E-state index < -0.39 is 20.7 Å². The molecule has 0 spiro atoms. The normalized spacial score (nSPS) is 11.5. The number of furan rings is 1. The van der Waals surface area contributed by atoms with Gasteiger partial charge in [-0.25, -0.2) is 17.8 Å². The molecular weight excluding hydrogens is 315 g/mol. The van der Waals surface area contributed by atoms with Crippen molar-refractivity contribution in [3.63, 3.8) is 0 Å². The Kier molecular flexibility index (Phi) is 3.48. The Morgan fingerprint density at radius 3 is 2.71 bits per heavy atom. The topological polar surface area (TPSA) is 72.2 Å². The number of nitrogens with one attached hydrogen (secondary N) is 1. The molecule has 2 aromatic heterocycles. The molecule has 0 aliphatic heterocycles. The van der Waals surface area contributed by atoms with Crippen molar-refractivity contribution in [3.05, 3.63) is 53.9 Å². The summed E-state index contributed by atoms with van der Waals surface area (Å²) in [4.78, 5) is 3.69. The quantitative estimate of drug-likeness (QED) is 0.799. The van der Waals surface area contributed by atoms with Crippen molar-refractivity contribution in [2.45, 2.75) is 4.90 Å². The number of anilines is 1. The molecule has 0 unspecified atom stereocenters. The van der Waals surface area contributed by atoms with Gasteiger partial charge in [-0.2, -0.15) is 0 Å². The van der Waals surface area contributed by atoms with E-state index >= 15 is 0 Å². The van der Waals surface area contributed by atoms with Crippen molar-refractivity contribution in [2.75, 3.05) is 4.72 Å². The van der Waals surface area contributed by atoms with Crippen molar-refractivity contribution in [1.29, 1.82) is 0 Å². The fraction of sp³-hybridized carbons (Fsp3) is 0. The second-order valence-corrected chi connectivity index (χ2v) is 6.56. The van der Waals surface area contributed by atoms with Gasteiger partial charge in [-0.05, 0) is 24.3 Å². The van der Waals surface area contributed by atoms with E-state index in [0.717, 1.165) is 17.4 Å². The van der Waals surface area contributed by atoms with Gasteiger partial charge in [0, 0.05) is 5.38 Å². The van der Waals surface area contributed by atoms with Gasteiger partial charge in [0.15, 0.2) is 10.9 Å². The van der Waals surface area contributed by atoms with E-state index in [1.165, 1.54) is 24.5 Å². The highest BCUT2D eigenvalue weighted by Gasteiger charge is 2.20. The number of thiazole rings is 1. The Labute approximate surface area is 124 Å². The average Bonchev–Trinajstić information content (AvgIpc) is 3.09. The van der Waals surface area contributed by atoms with E-state index in [2.05, 4.69) is 9.71 Å². The van der Waals surface area contributed by atoms with Crippen LogP contribution in [0.15, 0.2) is 57.4 Å². The summed E-state index contributed by atoms with van der Waals surface area (Å²) >= 11 is 1.09. The lowest BCUT2D eigenvalue weighted by Crippen LogP contribution is -2.14. The maximum atomic E-state index is 13.6. The molecule has 0 fully saturated rings. The molecule has 5 nitrogen and oxygen atoms in total. The number of sulfonamides is 1. The number of aromatic nitrogens is 1. The molecule has 0 amide bonds. The van der Waals surface area contributed by atoms with Crippen molar-refractivity contribution in [2.24, 2.45) is 0 Å². The van der Waals surface area contributed by atoms with Gasteiger partial charge in [-0.15, -0.1) is 11.3 Å². The first kappa shape index (κ1) is 13.8. The van der Waals surface area contributed by atoms with Crippen LogP contribution in [0.5, 0.6) is 0 Å². The molecule has 0 aliphatic carbocycles. The van der Waals surface area contributed by atoms with E-state index in [-0.39, 0.29) is 5.13 Å². The highest BCUT2D eigenvalue weighted by molar-refractivity contribution is 7.93. The van der Waals surface area contributed by atoms with E-state index in [4.69, 9.17) is 4.42 Å². The maximum absolute atomic E-state index is 13.6. The zero-order valence-corrected chi connectivity index (χ0v) is 12.1. The Balaban J connectivity index is 1.88. The number of hydrogen-bond acceptors (Lipinski definition) is 5. The molecular formula is C13H9FN2O3S2. The van der Waals surface area contributed by atoms with E-state index in [1.807, 2.05) is 0 Å². The van der Waals surface area contributed by atoms with Crippen LogP contribution < -0.4 is 4.72 Å². The third kappa shape index (κ3) is 2.81. The molecule has 3 rings (SSSR count). The highest BCUT2D eigenvalue weighted by Crippen LogP contribution is 2.27. The molecule has 21 heavy (non-hydrogen) atoms. The van der Waals surface area contributed by atoms with Gasteiger partial charge in [0.05, 0.1) is 6.26 Å². The monoisotopic (exact) mass is 324 g/mol. The largest absolute Gasteiger partial charge is 0.463 e. The van der Waals surface area contributed by atoms with Crippen molar-refractivity contribution < 1.29 is 17.2 Å². The van der Waals surface area contributed by atoms with Gasteiger partial charge in [-0.1, -0.05) is 12.1 Å². The van der Waals surface area contributed by atoms with Crippen LogP contribution in [-0.4, -0.2) is 13.4 Å². The number of benzene rings is 1.